The van der Waals surface area contributed by atoms with Gasteiger partial charge in [-0.15, -0.1) is 0 Å². The van der Waals surface area contributed by atoms with Crippen molar-refractivity contribution in [1.29, 1.82) is 0 Å². The molecular weight excluding hydrogens is 503 g/mol. The number of nitrogens with two attached hydrogens (primary N) is 1. The van der Waals surface area contributed by atoms with Crippen molar-refractivity contribution in [3.63, 3.8) is 0 Å². The normalized spacial score (nSPS) is 14.8. The number of hydrogen-bond donors (Lipinski definition) is 5. The van der Waals surface area contributed by atoms with Crippen LogP contribution < -0.4 is 16.4 Å². The van der Waals surface area contributed by atoms with E-state index in [0.29, 0.717) is 10.7 Å². The summed E-state index contributed by atoms with van der Waals surface area (Å²) in [6, 6.07) is 2.87. The number of rotatable bonds is 6. The number of anilines is 2. The molecule has 0 radical (unpaired) electrons. The van der Waals surface area contributed by atoms with E-state index in [1.807, 2.05) is 39.8 Å². The van der Waals surface area contributed by atoms with Crippen LogP contribution in [0.1, 0.15) is 50.9 Å². The third-order valence-electron chi connectivity index (χ3n) is 3.49. The van der Waals surface area contributed by atoms with Crippen molar-refractivity contribution in [1.82, 2.24) is 0 Å². The van der Waals surface area contributed by atoms with Crippen molar-refractivity contribution < 1.29 is 19.4 Å². The van der Waals surface area contributed by atoms with Crippen molar-refractivity contribution in [2.24, 2.45) is 10.7 Å². The summed E-state index contributed by atoms with van der Waals surface area (Å²) >= 11 is 9.75. The maximum absolute atomic E-state index is 14.8. The minimum absolute atomic E-state index is 0.0252. The van der Waals surface area contributed by atoms with Crippen molar-refractivity contribution >= 4 is 51.2 Å². The number of halogens is 3. The predicted octanol–water partition coefficient (Wildman–Crippen LogP) is 4.99. The molecule has 1 aromatic rings. The van der Waals surface area contributed by atoms with Crippen LogP contribution >= 0.6 is 27.5 Å². The zero-order valence-electron chi connectivity index (χ0n) is 19.3. The summed E-state index contributed by atoms with van der Waals surface area (Å²) in [5.74, 6) is -1.38. The first-order valence-corrected chi connectivity index (χ1v) is 11.6. The van der Waals surface area contributed by atoms with E-state index < -0.39 is 11.7 Å². The number of nitrogens with zero attached hydrogens (tertiary/aromatic N) is 1. The number of allylic oxidation sites excluding steroid dienone is 3. The molecule has 182 valence electrons. The highest BCUT2D eigenvalue weighted by molar-refractivity contribution is 9.09. The minimum Gasteiger partial charge on any atom is -0.394 e. The molecule has 1 unspecified atom stereocenters. The van der Waals surface area contributed by atoms with Crippen LogP contribution in [0.15, 0.2) is 40.0 Å². The number of carbonyl (C=O) groups is 1. The largest absolute Gasteiger partial charge is 0.394 e. The van der Waals surface area contributed by atoms with Gasteiger partial charge in [0.1, 0.15) is 0 Å². The molecule has 6 N–H and O–H groups in total. The van der Waals surface area contributed by atoms with Gasteiger partial charge in [-0.1, -0.05) is 67.4 Å². The third kappa shape index (κ3) is 11.6. The predicted molar refractivity (Wildman–Crippen MR) is 137 cm³/mol. The average molecular weight is 538 g/mol. The molecule has 0 saturated carbocycles. The summed E-state index contributed by atoms with van der Waals surface area (Å²) in [5.41, 5.74) is 6.07. The van der Waals surface area contributed by atoms with Gasteiger partial charge < -0.3 is 26.6 Å². The number of hydrogen-bond acceptors (Lipinski definition) is 5. The van der Waals surface area contributed by atoms with E-state index in [0.717, 1.165) is 12.8 Å². The fraction of sp³-hybridized carbons (Fsp3) is 0.455. The third-order valence-corrected chi connectivity index (χ3v) is 4.54. The van der Waals surface area contributed by atoms with E-state index in [4.69, 9.17) is 27.5 Å². The smallest absolute Gasteiger partial charge is 0.250 e. The molecule has 1 atom stereocenters. The molecule has 0 aliphatic heterocycles. The number of aliphatic hydroxyl groups is 2. The number of alkyl halides is 1. The molecule has 7 nitrogen and oxygen atoms in total. The molecular formula is C22H35BrClFN4O3. The molecule has 0 spiro atoms. The molecule has 10 heteroatoms. The second kappa shape index (κ2) is 19.7. The Labute approximate surface area is 203 Å². The molecule has 1 aliphatic rings. The summed E-state index contributed by atoms with van der Waals surface area (Å²) in [6.07, 6.45) is 6.64. The molecule has 0 saturated heterocycles. The van der Waals surface area contributed by atoms with Crippen LogP contribution in [-0.4, -0.2) is 47.5 Å². The fourth-order valence-corrected chi connectivity index (χ4v) is 3.17. The van der Waals surface area contributed by atoms with Crippen molar-refractivity contribution in [2.45, 2.75) is 45.4 Å². The summed E-state index contributed by atoms with van der Waals surface area (Å²) in [5, 5.41) is 21.3. The number of amides is 1. The Bertz CT molecular complexity index is 772. The molecule has 0 aromatic heterocycles. The number of primary amides is 1. The van der Waals surface area contributed by atoms with Crippen LogP contribution in [0.2, 0.25) is 0 Å². The number of nitrogens with one attached hydrogen (secondary N) is 2. The lowest BCUT2D eigenvalue weighted by atomic mass is 10.1. The first-order valence-electron chi connectivity index (χ1n) is 10.4. The molecule has 0 bridgehead atoms. The standard InChI is InChI=1S/C16H17BrClFN4O.C2H6O2.2C2H6/c1-21-8-22-13-6-5-10(16(20)24)15(14(13)19)23-12-4-2-3-9(17)7-11(12)18;3-1-2-4;2*1-2/h4-9,23H,2-3H2,1H3,(H2,20,24)(H,21,22);3-4H,1-2H2;2*1-2H3. The maximum Gasteiger partial charge on any atom is 0.250 e. The van der Waals surface area contributed by atoms with E-state index in [2.05, 4.69) is 31.6 Å². The lowest BCUT2D eigenvalue weighted by molar-refractivity contribution is 0.100. The molecule has 0 heterocycles. The highest BCUT2D eigenvalue weighted by Gasteiger charge is 2.19. The van der Waals surface area contributed by atoms with E-state index in [-0.39, 0.29) is 35.0 Å². The number of benzene rings is 1. The molecule has 2 rings (SSSR count). The van der Waals surface area contributed by atoms with Crippen molar-refractivity contribution in [3.8, 4) is 0 Å². The first kappa shape index (κ1) is 32.2. The quantitative estimate of drug-likeness (QED) is 0.199. The Hall–Kier alpha value is -1.94. The van der Waals surface area contributed by atoms with Gasteiger partial charge in [-0.2, -0.15) is 0 Å². The van der Waals surface area contributed by atoms with Crippen molar-refractivity contribution in [3.05, 3.63) is 46.4 Å². The van der Waals surface area contributed by atoms with Gasteiger partial charge in [-0.25, -0.2) is 4.39 Å². The lowest BCUT2D eigenvalue weighted by Gasteiger charge is -2.16. The Balaban J connectivity index is 0. The van der Waals surface area contributed by atoms with Gasteiger partial charge in [-0.3, -0.25) is 9.79 Å². The number of aliphatic hydroxyl groups excluding tert-OH is 2. The minimum atomic E-state index is -0.736. The van der Waals surface area contributed by atoms with Crippen LogP contribution in [0.4, 0.5) is 15.8 Å². The second-order valence-corrected chi connectivity index (χ2v) is 7.13. The van der Waals surface area contributed by atoms with Gasteiger partial charge in [0.25, 0.3) is 5.91 Å². The van der Waals surface area contributed by atoms with Gasteiger partial charge in [0.05, 0.1) is 47.2 Å². The lowest BCUT2D eigenvalue weighted by Crippen LogP contribution is -2.16. The van der Waals surface area contributed by atoms with Gasteiger partial charge in [0.15, 0.2) is 5.82 Å². The van der Waals surface area contributed by atoms with Crippen LogP contribution in [0, 0.1) is 5.82 Å². The zero-order valence-corrected chi connectivity index (χ0v) is 21.6. The summed E-state index contributed by atoms with van der Waals surface area (Å²) in [6.45, 7) is 7.75. The van der Waals surface area contributed by atoms with E-state index in [1.54, 1.807) is 7.05 Å². The molecule has 1 aromatic carbocycles. The van der Waals surface area contributed by atoms with Gasteiger partial charge in [0.2, 0.25) is 0 Å². The topological polar surface area (TPSA) is 120 Å². The Morgan fingerprint density at radius 2 is 1.91 bits per heavy atom. The Kier molecular flexibility index (Phi) is 19.9. The highest BCUT2D eigenvalue weighted by Crippen LogP contribution is 2.31. The van der Waals surface area contributed by atoms with Crippen molar-refractivity contribution in [2.75, 3.05) is 30.9 Å². The zero-order chi connectivity index (χ0) is 25.1. The maximum atomic E-state index is 14.8. The molecule has 1 amide bonds. The first-order chi connectivity index (χ1) is 15.3. The monoisotopic (exact) mass is 536 g/mol. The van der Waals surface area contributed by atoms with E-state index in [9.17, 15) is 9.18 Å². The number of aliphatic imine (C=N–C) groups is 1. The number of carbonyl (C=O) groups excluding carboxylic acids is 1. The Morgan fingerprint density at radius 1 is 1.31 bits per heavy atom. The molecule has 0 fully saturated rings. The fourth-order valence-electron chi connectivity index (χ4n) is 2.21. The summed E-state index contributed by atoms with van der Waals surface area (Å²) < 4.78 is 14.8. The second-order valence-electron chi connectivity index (χ2n) is 5.54. The van der Waals surface area contributed by atoms with Crippen LogP contribution in [0.25, 0.3) is 0 Å². The molecule has 1 aliphatic carbocycles. The van der Waals surface area contributed by atoms with E-state index >= 15 is 0 Å². The summed E-state index contributed by atoms with van der Waals surface area (Å²) in [4.78, 5) is 15.5. The van der Waals surface area contributed by atoms with E-state index in [1.165, 1.54) is 18.5 Å². The summed E-state index contributed by atoms with van der Waals surface area (Å²) in [7, 11) is 1.56. The SMILES string of the molecule is CC.CC.CN=CNc1ccc(C(N)=O)c(NC2=CCCC(Br)C=C2Cl)c1F.OCCO. The van der Waals surface area contributed by atoms with Gasteiger partial charge >= 0.3 is 0 Å². The average Bonchev–Trinajstić information content (AvgIpc) is 2.96. The van der Waals surface area contributed by atoms with Crippen LogP contribution in [-0.2, 0) is 0 Å². The highest BCUT2D eigenvalue weighted by atomic mass is 79.9. The van der Waals surface area contributed by atoms with Crippen LogP contribution in [0.3, 0.4) is 0 Å². The van der Waals surface area contributed by atoms with Gasteiger partial charge in [-0.05, 0) is 25.0 Å². The molecule has 32 heavy (non-hydrogen) atoms. The van der Waals surface area contributed by atoms with Crippen LogP contribution in [0.5, 0.6) is 0 Å². The van der Waals surface area contributed by atoms with Gasteiger partial charge in [0, 0.05) is 11.9 Å². The Morgan fingerprint density at radius 3 is 2.41 bits per heavy atom.